The van der Waals surface area contributed by atoms with Gasteiger partial charge in [-0.1, -0.05) is 5.21 Å². The van der Waals surface area contributed by atoms with E-state index in [0.29, 0.717) is 52.7 Å². The van der Waals surface area contributed by atoms with Crippen molar-refractivity contribution in [1.82, 2.24) is 19.9 Å². The molecule has 0 radical (unpaired) electrons. The lowest BCUT2D eigenvalue weighted by atomic mass is 10.4. The molecule has 2 N–H and O–H groups in total. The monoisotopic (exact) mass is 409 g/mol. The molecule has 0 bridgehead atoms. The molecule has 2 heterocycles. The lowest BCUT2D eigenvalue weighted by Crippen LogP contribution is -2.39. The van der Waals surface area contributed by atoms with E-state index < -0.39 is 15.8 Å². The van der Waals surface area contributed by atoms with Crippen molar-refractivity contribution in [2.24, 2.45) is 5.73 Å². The molecule has 1 aliphatic rings. The first-order chi connectivity index (χ1) is 13.0. The van der Waals surface area contributed by atoms with E-state index in [1.54, 1.807) is 0 Å². The van der Waals surface area contributed by atoms with Crippen molar-refractivity contribution in [3.8, 4) is 0 Å². The summed E-state index contributed by atoms with van der Waals surface area (Å²) in [7, 11) is -2.96. The lowest BCUT2D eigenvalue weighted by Gasteiger charge is -2.25. The van der Waals surface area contributed by atoms with Crippen molar-refractivity contribution in [3.63, 3.8) is 0 Å². The molecule has 2 rings (SSSR count). The van der Waals surface area contributed by atoms with Gasteiger partial charge in [0.25, 0.3) is 0 Å². The zero-order chi connectivity index (χ0) is 19.5. The molecule has 12 heteroatoms. The van der Waals surface area contributed by atoms with Gasteiger partial charge in [0.2, 0.25) is 5.95 Å². The highest BCUT2D eigenvalue weighted by Crippen LogP contribution is 2.10. The molecule has 0 unspecified atom stereocenters. The van der Waals surface area contributed by atoms with Gasteiger partial charge < -0.3 is 19.9 Å². The first kappa shape index (κ1) is 22.1. The van der Waals surface area contributed by atoms with E-state index in [1.807, 2.05) is 4.90 Å². The van der Waals surface area contributed by atoms with Gasteiger partial charge >= 0.3 is 0 Å². The van der Waals surface area contributed by atoms with Crippen molar-refractivity contribution in [2.45, 2.75) is 13.1 Å². The van der Waals surface area contributed by atoms with Gasteiger partial charge in [-0.3, -0.25) is 4.90 Å². The first-order valence-electron chi connectivity index (χ1n) is 8.96. The smallest absolute Gasteiger partial charge is 0.236 e. The predicted octanol–water partition coefficient (Wildman–Crippen LogP) is -1.34. The molecule has 1 aliphatic heterocycles. The van der Waals surface area contributed by atoms with Crippen molar-refractivity contribution in [2.75, 3.05) is 70.8 Å². The third kappa shape index (κ3) is 8.15. The van der Waals surface area contributed by atoms with E-state index in [0.717, 1.165) is 4.68 Å². The van der Waals surface area contributed by atoms with E-state index in [9.17, 15) is 12.8 Å². The summed E-state index contributed by atoms with van der Waals surface area (Å²) >= 11 is 0. The maximum Gasteiger partial charge on any atom is 0.236 e. The summed E-state index contributed by atoms with van der Waals surface area (Å²) in [5, 5.41) is 7.65. The highest BCUT2D eigenvalue weighted by molar-refractivity contribution is 7.91. The molecule has 0 aliphatic carbocycles. The fourth-order valence-corrected chi connectivity index (χ4v) is 3.75. The Hall–Kier alpha value is -1.18. The summed E-state index contributed by atoms with van der Waals surface area (Å²) in [6.45, 7) is 4.34. The van der Waals surface area contributed by atoms with Crippen LogP contribution in [0.2, 0.25) is 0 Å². The topological polar surface area (TPSA) is 122 Å². The summed E-state index contributed by atoms with van der Waals surface area (Å²) in [4.78, 5) is 1.86. The Morgan fingerprint density at radius 1 is 1.00 bits per heavy atom. The van der Waals surface area contributed by atoms with Crippen LogP contribution < -0.4 is 5.73 Å². The van der Waals surface area contributed by atoms with Crippen LogP contribution in [0, 0.1) is 5.95 Å². The Bertz CT molecular complexity index is 643. The Balaban J connectivity index is 1.59. The third-order valence-corrected chi connectivity index (χ3v) is 5.61. The number of nitrogens with zero attached hydrogens (tertiary/aromatic N) is 4. The van der Waals surface area contributed by atoms with E-state index in [-0.39, 0.29) is 36.9 Å². The summed E-state index contributed by atoms with van der Waals surface area (Å²) in [6.07, 6.45) is 0. The average Bonchev–Trinajstić information content (AvgIpc) is 2.98. The molecular weight excluding hydrogens is 381 g/mol. The van der Waals surface area contributed by atoms with Gasteiger partial charge in [-0.2, -0.15) is 4.39 Å². The second kappa shape index (κ2) is 11.6. The second-order valence-corrected chi connectivity index (χ2v) is 8.41. The van der Waals surface area contributed by atoms with Crippen LogP contribution in [0.3, 0.4) is 0 Å². The molecule has 1 aromatic rings. The minimum absolute atomic E-state index is 0.0951. The molecule has 0 amide bonds. The van der Waals surface area contributed by atoms with Gasteiger partial charge in [-0.15, -0.1) is 5.10 Å². The van der Waals surface area contributed by atoms with Crippen molar-refractivity contribution >= 4 is 9.84 Å². The zero-order valence-corrected chi connectivity index (χ0v) is 16.2. The normalized spacial score (nSPS) is 17.4. The number of halogens is 1. The number of ether oxygens (including phenoxy) is 3. The highest BCUT2D eigenvalue weighted by atomic mass is 32.2. The van der Waals surface area contributed by atoms with Crippen LogP contribution >= 0.6 is 0 Å². The molecule has 1 aromatic heterocycles. The maximum absolute atomic E-state index is 14.3. The van der Waals surface area contributed by atoms with Gasteiger partial charge in [0, 0.05) is 26.2 Å². The van der Waals surface area contributed by atoms with Crippen LogP contribution in [0.15, 0.2) is 0 Å². The molecule has 27 heavy (non-hydrogen) atoms. The molecule has 10 nitrogen and oxygen atoms in total. The summed E-state index contributed by atoms with van der Waals surface area (Å²) in [6, 6.07) is 0. The van der Waals surface area contributed by atoms with Gasteiger partial charge in [-0.25, -0.2) is 13.1 Å². The molecular formula is C15H28FN5O5S. The first-order valence-corrected chi connectivity index (χ1v) is 10.8. The largest absolute Gasteiger partial charge is 0.378 e. The predicted molar refractivity (Wildman–Crippen MR) is 95.4 cm³/mol. The third-order valence-electron chi connectivity index (χ3n) is 4.00. The Morgan fingerprint density at radius 3 is 2.22 bits per heavy atom. The molecule has 0 aromatic carbocycles. The molecule has 156 valence electrons. The Kier molecular flexibility index (Phi) is 9.51. The van der Waals surface area contributed by atoms with E-state index in [2.05, 4.69) is 10.3 Å². The summed E-state index contributed by atoms with van der Waals surface area (Å²) in [5.41, 5.74) is 5.51. The van der Waals surface area contributed by atoms with Crippen LogP contribution in [0.5, 0.6) is 0 Å². The molecule has 0 spiro atoms. The maximum atomic E-state index is 14.3. The number of nitrogens with two attached hydrogens (primary N) is 1. The van der Waals surface area contributed by atoms with Crippen molar-refractivity contribution in [3.05, 3.63) is 11.6 Å². The molecule has 1 fully saturated rings. The van der Waals surface area contributed by atoms with Gasteiger partial charge in [-0.05, 0) is 0 Å². The second-order valence-electron chi connectivity index (χ2n) is 6.10. The summed E-state index contributed by atoms with van der Waals surface area (Å²) < 4.78 is 54.2. The SMILES string of the molecule is NCCOCCOCCOCCn1nnc(CN2CCS(=O)(=O)CC2)c1F. The fraction of sp³-hybridized carbons (Fsp3) is 0.867. The number of rotatable bonds is 13. The van der Waals surface area contributed by atoms with Crippen LogP contribution in [-0.2, 0) is 37.1 Å². The number of hydrogen-bond acceptors (Lipinski definition) is 9. The zero-order valence-electron chi connectivity index (χ0n) is 15.4. The van der Waals surface area contributed by atoms with Gasteiger partial charge in [0.1, 0.15) is 5.69 Å². The van der Waals surface area contributed by atoms with Crippen molar-refractivity contribution in [1.29, 1.82) is 0 Å². The average molecular weight is 409 g/mol. The number of sulfone groups is 1. The van der Waals surface area contributed by atoms with Crippen LogP contribution in [0.4, 0.5) is 4.39 Å². The molecule has 0 atom stereocenters. The van der Waals surface area contributed by atoms with Crippen LogP contribution in [0.25, 0.3) is 0 Å². The lowest BCUT2D eigenvalue weighted by molar-refractivity contribution is 0.0137. The number of hydrogen-bond donors (Lipinski definition) is 1. The van der Waals surface area contributed by atoms with Gasteiger partial charge in [0.15, 0.2) is 9.84 Å². The highest BCUT2D eigenvalue weighted by Gasteiger charge is 2.24. The van der Waals surface area contributed by atoms with Crippen LogP contribution in [0.1, 0.15) is 5.69 Å². The van der Waals surface area contributed by atoms with Crippen molar-refractivity contribution < 1.29 is 27.0 Å². The number of aromatic nitrogens is 3. The quantitative estimate of drug-likeness (QED) is 0.394. The van der Waals surface area contributed by atoms with Gasteiger partial charge in [0.05, 0.1) is 57.7 Å². The Labute approximate surface area is 158 Å². The van der Waals surface area contributed by atoms with E-state index >= 15 is 0 Å². The minimum atomic E-state index is -2.96. The molecule has 1 saturated heterocycles. The standard InChI is InChI=1S/C15H28FN5O5S/c16-15-14(13-20-3-11-27(22,23)12-4-20)18-19-21(15)2-6-25-8-10-26-9-7-24-5-1-17/h1-13,17H2. The van der Waals surface area contributed by atoms with E-state index in [1.165, 1.54) is 0 Å². The minimum Gasteiger partial charge on any atom is -0.378 e. The molecule has 0 saturated carbocycles. The Morgan fingerprint density at radius 2 is 1.59 bits per heavy atom. The van der Waals surface area contributed by atoms with Crippen LogP contribution in [-0.4, -0.2) is 99.1 Å². The summed E-state index contributed by atoms with van der Waals surface area (Å²) in [5.74, 6) is -0.323. The fourth-order valence-electron chi connectivity index (χ4n) is 2.47. The van der Waals surface area contributed by atoms with E-state index in [4.69, 9.17) is 19.9 Å².